The van der Waals surface area contributed by atoms with Gasteiger partial charge in [0.2, 0.25) is 0 Å². The molecule has 0 aliphatic heterocycles. The summed E-state index contributed by atoms with van der Waals surface area (Å²) in [6.45, 7) is 4.48. The van der Waals surface area contributed by atoms with Crippen molar-refractivity contribution in [3.05, 3.63) is 47.5 Å². The van der Waals surface area contributed by atoms with Crippen molar-refractivity contribution in [1.82, 2.24) is 10.6 Å². The lowest BCUT2D eigenvalue weighted by Crippen LogP contribution is -2.36. The highest BCUT2D eigenvalue weighted by Gasteiger charge is 2.19. The minimum atomic E-state index is -0.472. The Kier molecular flexibility index (Phi) is 8.54. The second kappa shape index (κ2) is 11.1. The average molecular weight is 431 g/mol. The number of rotatable bonds is 10. The van der Waals surface area contributed by atoms with Crippen LogP contribution in [0.25, 0.3) is 0 Å². The molecule has 31 heavy (non-hydrogen) atoms. The second-order valence-electron chi connectivity index (χ2n) is 7.90. The number of hydrogen-bond acceptors (Lipinski definition) is 6. The minimum absolute atomic E-state index is 0.0101. The SMILES string of the molecule is CC(C)CC(CCCCNC(=O)c1cccc(O)c1O)NC(=O)c1cccc(O)c1O. The van der Waals surface area contributed by atoms with Crippen molar-refractivity contribution in [2.24, 2.45) is 5.92 Å². The van der Waals surface area contributed by atoms with E-state index in [9.17, 15) is 30.0 Å². The normalized spacial score (nSPS) is 11.8. The summed E-state index contributed by atoms with van der Waals surface area (Å²) in [4.78, 5) is 24.7. The van der Waals surface area contributed by atoms with Gasteiger partial charge in [-0.25, -0.2) is 0 Å². The predicted molar refractivity (Wildman–Crippen MR) is 116 cm³/mol. The first-order valence-corrected chi connectivity index (χ1v) is 10.3. The van der Waals surface area contributed by atoms with Crippen LogP contribution >= 0.6 is 0 Å². The van der Waals surface area contributed by atoms with E-state index in [0.717, 1.165) is 12.8 Å². The van der Waals surface area contributed by atoms with Crippen molar-refractivity contribution in [1.29, 1.82) is 0 Å². The fraction of sp³-hybridized carbons (Fsp3) is 0.391. The number of carbonyl (C=O) groups excluding carboxylic acids is 2. The maximum atomic E-state index is 12.5. The highest BCUT2D eigenvalue weighted by molar-refractivity contribution is 5.98. The van der Waals surface area contributed by atoms with Crippen LogP contribution in [0.1, 0.15) is 60.2 Å². The van der Waals surface area contributed by atoms with Gasteiger partial charge >= 0.3 is 0 Å². The van der Waals surface area contributed by atoms with Crippen molar-refractivity contribution >= 4 is 11.8 Å². The molecule has 8 nitrogen and oxygen atoms in total. The molecule has 1 atom stereocenters. The molecule has 0 spiro atoms. The Morgan fingerprint density at radius 2 is 1.39 bits per heavy atom. The van der Waals surface area contributed by atoms with Crippen LogP contribution in [0, 0.1) is 5.92 Å². The highest BCUT2D eigenvalue weighted by atomic mass is 16.3. The minimum Gasteiger partial charge on any atom is -0.504 e. The number of phenolic OH excluding ortho intramolecular Hbond substituents is 4. The van der Waals surface area contributed by atoms with Gasteiger partial charge in [-0.3, -0.25) is 9.59 Å². The fourth-order valence-electron chi connectivity index (χ4n) is 3.32. The zero-order valence-corrected chi connectivity index (χ0v) is 17.8. The molecule has 0 aliphatic rings. The van der Waals surface area contributed by atoms with E-state index in [2.05, 4.69) is 10.6 Å². The van der Waals surface area contributed by atoms with Gasteiger partial charge in [-0.2, -0.15) is 0 Å². The Bertz CT molecular complexity index is 913. The summed E-state index contributed by atoms with van der Waals surface area (Å²) in [6, 6.07) is 8.33. The van der Waals surface area contributed by atoms with Crippen LogP contribution in [0.15, 0.2) is 36.4 Å². The molecule has 0 heterocycles. The number of benzene rings is 2. The first-order valence-electron chi connectivity index (χ1n) is 10.3. The van der Waals surface area contributed by atoms with E-state index < -0.39 is 23.3 Å². The summed E-state index contributed by atoms with van der Waals surface area (Å²) in [5, 5.41) is 44.4. The zero-order valence-electron chi connectivity index (χ0n) is 17.8. The third-order valence-electron chi connectivity index (χ3n) is 4.87. The Morgan fingerprint density at radius 3 is 1.94 bits per heavy atom. The van der Waals surface area contributed by atoms with Gasteiger partial charge in [-0.15, -0.1) is 0 Å². The number of hydrogen-bond donors (Lipinski definition) is 6. The van der Waals surface area contributed by atoms with Gasteiger partial charge < -0.3 is 31.1 Å². The summed E-state index contributed by atoms with van der Waals surface area (Å²) in [5.41, 5.74) is 0.0304. The fourth-order valence-corrected chi connectivity index (χ4v) is 3.32. The molecule has 0 fully saturated rings. The van der Waals surface area contributed by atoms with E-state index in [1.807, 2.05) is 13.8 Å². The van der Waals surface area contributed by atoms with Crippen LogP contribution < -0.4 is 10.6 Å². The highest BCUT2D eigenvalue weighted by Crippen LogP contribution is 2.29. The second-order valence-corrected chi connectivity index (χ2v) is 7.90. The van der Waals surface area contributed by atoms with E-state index >= 15 is 0 Å². The van der Waals surface area contributed by atoms with Gasteiger partial charge in [-0.05, 0) is 55.9 Å². The van der Waals surface area contributed by atoms with Crippen LogP contribution in [0.3, 0.4) is 0 Å². The lowest BCUT2D eigenvalue weighted by Gasteiger charge is -2.21. The van der Waals surface area contributed by atoms with Gasteiger partial charge in [0.25, 0.3) is 11.8 Å². The molecule has 0 aromatic heterocycles. The van der Waals surface area contributed by atoms with Gasteiger partial charge in [0.05, 0.1) is 11.1 Å². The quantitative estimate of drug-likeness (QED) is 0.253. The molecule has 2 aromatic rings. The average Bonchev–Trinajstić information content (AvgIpc) is 2.71. The van der Waals surface area contributed by atoms with Gasteiger partial charge in [0, 0.05) is 12.6 Å². The lowest BCUT2D eigenvalue weighted by molar-refractivity contribution is 0.0925. The molecule has 6 N–H and O–H groups in total. The van der Waals surface area contributed by atoms with Crippen LogP contribution in [0.4, 0.5) is 0 Å². The van der Waals surface area contributed by atoms with Crippen LogP contribution in [0.2, 0.25) is 0 Å². The number of phenols is 4. The third-order valence-corrected chi connectivity index (χ3v) is 4.87. The predicted octanol–water partition coefficient (Wildman–Crippen LogP) is 3.25. The molecule has 0 saturated heterocycles. The third kappa shape index (κ3) is 6.80. The van der Waals surface area contributed by atoms with Crippen molar-refractivity contribution in [2.75, 3.05) is 6.54 Å². The molecular weight excluding hydrogens is 400 g/mol. The topological polar surface area (TPSA) is 139 Å². The van der Waals surface area contributed by atoms with Gasteiger partial charge in [-0.1, -0.05) is 26.0 Å². The summed E-state index contributed by atoms with van der Waals surface area (Å²) in [5.74, 6) is -2.17. The van der Waals surface area contributed by atoms with E-state index in [0.29, 0.717) is 25.3 Å². The van der Waals surface area contributed by atoms with Crippen molar-refractivity contribution in [2.45, 2.75) is 45.6 Å². The monoisotopic (exact) mass is 430 g/mol. The molecule has 2 rings (SSSR count). The van der Waals surface area contributed by atoms with Crippen LogP contribution in [0.5, 0.6) is 23.0 Å². The van der Waals surface area contributed by atoms with E-state index in [1.165, 1.54) is 36.4 Å². The van der Waals surface area contributed by atoms with E-state index in [1.54, 1.807) is 0 Å². The Hall–Kier alpha value is -3.42. The zero-order chi connectivity index (χ0) is 23.0. The molecule has 8 heteroatoms. The maximum Gasteiger partial charge on any atom is 0.255 e. The molecule has 1 unspecified atom stereocenters. The molecule has 0 saturated carbocycles. The molecule has 0 bridgehead atoms. The first-order chi connectivity index (χ1) is 14.7. The van der Waals surface area contributed by atoms with Gasteiger partial charge in [0.15, 0.2) is 23.0 Å². The standard InChI is InChI=1S/C23H30N2O6/c1-14(2)13-15(25-23(31)17-9-6-11-19(27)21(17)29)7-3-4-12-24-22(30)16-8-5-10-18(26)20(16)28/h5-6,8-11,14-15,26-29H,3-4,7,12-13H2,1-2H3,(H,24,30)(H,25,31). The maximum absolute atomic E-state index is 12.5. The number of unbranched alkanes of at least 4 members (excludes halogenated alkanes) is 1. The molecule has 168 valence electrons. The summed E-state index contributed by atoms with van der Waals surface area (Å²) in [7, 11) is 0. The largest absolute Gasteiger partial charge is 0.504 e. The van der Waals surface area contributed by atoms with Crippen LogP contribution in [-0.2, 0) is 0 Å². The van der Waals surface area contributed by atoms with Crippen molar-refractivity contribution in [3.63, 3.8) is 0 Å². The van der Waals surface area contributed by atoms with E-state index in [-0.39, 0.29) is 28.7 Å². The summed E-state index contributed by atoms with van der Waals surface area (Å²) >= 11 is 0. The number of para-hydroxylation sites is 2. The lowest BCUT2D eigenvalue weighted by atomic mass is 9.98. The smallest absolute Gasteiger partial charge is 0.255 e. The number of nitrogens with one attached hydrogen (secondary N) is 2. The summed E-state index contributed by atoms with van der Waals surface area (Å²) in [6.07, 6.45) is 2.81. The molecular formula is C23H30N2O6. The molecule has 2 aromatic carbocycles. The van der Waals surface area contributed by atoms with E-state index in [4.69, 9.17) is 0 Å². The number of aromatic hydroxyl groups is 4. The number of amides is 2. The summed E-state index contributed by atoms with van der Waals surface area (Å²) < 4.78 is 0. The molecule has 2 amide bonds. The van der Waals surface area contributed by atoms with Crippen molar-refractivity contribution < 1.29 is 30.0 Å². The van der Waals surface area contributed by atoms with Crippen LogP contribution in [-0.4, -0.2) is 44.8 Å². The Labute approximate surface area is 181 Å². The number of carbonyl (C=O) groups is 2. The first kappa shape index (κ1) is 23.9. The Balaban J connectivity index is 1.85. The van der Waals surface area contributed by atoms with Crippen molar-refractivity contribution in [3.8, 4) is 23.0 Å². The Morgan fingerprint density at radius 1 is 0.839 bits per heavy atom. The molecule has 0 radical (unpaired) electrons. The molecule has 0 aliphatic carbocycles. The van der Waals surface area contributed by atoms with Gasteiger partial charge in [0.1, 0.15) is 0 Å².